The van der Waals surface area contributed by atoms with E-state index in [0.29, 0.717) is 30.2 Å². The zero-order valence-corrected chi connectivity index (χ0v) is 16.6. The van der Waals surface area contributed by atoms with Gasteiger partial charge in [0, 0.05) is 7.05 Å². The zero-order valence-electron chi connectivity index (χ0n) is 16.6. The second-order valence-electron chi connectivity index (χ2n) is 7.04. The van der Waals surface area contributed by atoms with Gasteiger partial charge < -0.3 is 20.1 Å². The molecule has 5 nitrogen and oxygen atoms in total. The number of guanidine groups is 1. The fraction of sp³-hybridized carbons (Fsp3) is 0.381. The summed E-state index contributed by atoms with van der Waals surface area (Å²) in [6.07, 6.45) is 0.743. The Bertz CT molecular complexity index is 920. The second-order valence-corrected chi connectivity index (χ2v) is 7.04. The van der Waals surface area contributed by atoms with Gasteiger partial charge >= 0.3 is 6.61 Å². The van der Waals surface area contributed by atoms with Crippen molar-refractivity contribution in [1.82, 2.24) is 4.90 Å². The van der Waals surface area contributed by atoms with Crippen LogP contribution in [-0.4, -0.2) is 37.7 Å². The molecule has 0 saturated heterocycles. The third-order valence-electron chi connectivity index (χ3n) is 4.90. The van der Waals surface area contributed by atoms with Gasteiger partial charge in [-0.25, -0.2) is 9.38 Å². The molecule has 2 aromatic rings. The van der Waals surface area contributed by atoms with Crippen LogP contribution >= 0.6 is 0 Å². The molecule has 0 spiro atoms. The molecule has 0 aromatic heterocycles. The number of aryl methyl sites for hydroxylation is 1. The minimum absolute atomic E-state index is 0.0910. The Kier molecular flexibility index (Phi) is 5.91. The Morgan fingerprint density at radius 1 is 1.17 bits per heavy atom. The first-order valence-electron chi connectivity index (χ1n) is 9.32. The van der Waals surface area contributed by atoms with Crippen molar-refractivity contribution in [2.75, 3.05) is 20.2 Å². The Labute approximate surface area is 167 Å². The molecule has 156 valence electrons. The van der Waals surface area contributed by atoms with Gasteiger partial charge in [-0.3, -0.25) is 0 Å². The number of benzene rings is 2. The maximum absolute atomic E-state index is 14.2. The van der Waals surface area contributed by atoms with Gasteiger partial charge in [-0.1, -0.05) is 19.1 Å². The number of hydrogen-bond donors (Lipinski definition) is 1. The summed E-state index contributed by atoms with van der Waals surface area (Å²) >= 11 is 0. The zero-order chi connectivity index (χ0) is 21.2. The molecule has 8 heteroatoms. The number of likely N-dealkylation sites (N-methyl/N-ethyl adjacent to an activating group) is 1. The number of alkyl halides is 2. The van der Waals surface area contributed by atoms with E-state index in [0.717, 1.165) is 12.0 Å². The standard InChI is InChI=1S/C21H24F3N3O2/c1-4-9-28-18-11-15(5-7-16(18)22)21(12-27(3)20(25)26-21)14-6-8-17(13(2)10-14)29-19(23)24/h5-8,10-11,19H,4,9,12H2,1-3H3,(H2,25,26)/t21-/m0/s1. The van der Waals surface area contributed by atoms with Crippen LogP contribution in [0, 0.1) is 12.7 Å². The first-order chi connectivity index (χ1) is 13.8. The molecular formula is C21H24F3N3O2. The highest BCUT2D eigenvalue weighted by Crippen LogP contribution is 2.41. The number of hydrogen-bond acceptors (Lipinski definition) is 5. The molecule has 0 radical (unpaired) electrons. The van der Waals surface area contributed by atoms with E-state index in [9.17, 15) is 13.2 Å². The molecule has 0 aliphatic carbocycles. The monoisotopic (exact) mass is 407 g/mol. The van der Waals surface area contributed by atoms with Gasteiger partial charge in [0.2, 0.25) is 0 Å². The molecule has 0 bridgehead atoms. The van der Waals surface area contributed by atoms with Crippen LogP contribution in [0.1, 0.15) is 30.0 Å². The quantitative estimate of drug-likeness (QED) is 0.753. The fourth-order valence-corrected chi connectivity index (χ4v) is 3.44. The molecule has 1 aliphatic rings. The second kappa shape index (κ2) is 8.23. The van der Waals surface area contributed by atoms with Crippen molar-refractivity contribution in [3.05, 3.63) is 58.9 Å². The van der Waals surface area contributed by atoms with E-state index in [1.54, 1.807) is 43.1 Å². The van der Waals surface area contributed by atoms with Gasteiger partial charge in [0.25, 0.3) is 0 Å². The molecule has 1 aliphatic heterocycles. The summed E-state index contributed by atoms with van der Waals surface area (Å²) in [6, 6.07) is 9.51. The highest BCUT2D eigenvalue weighted by molar-refractivity contribution is 5.81. The van der Waals surface area contributed by atoms with Crippen molar-refractivity contribution >= 4 is 5.96 Å². The lowest BCUT2D eigenvalue weighted by Crippen LogP contribution is -2.35. The normalized spacial score (nSPS) is 18.9. The molecule has 0 unspecified atom stereocenters. The van der Waals surface area contributed by atoms with Gasteiger partial charge in [0.15, 0.2) is 17.5 Å². The van der Waals surface area contributed by atoms with E-state index in [4.69, 9.17) is 10.5 Å². The highest BCUT2D eigenvalue weighted by atomic mass is 19.3. The van der Waals surface area contributed by atoms with Gasteiger partial charge in [0.05, 0.1) is 13.2 Å². The third kappa shape index (κ3) is 4.11. The highest BCUT2D eigenvalue weighted by Gasteiger charge is 2.41. The van der Waals surface area contributed by atoms with Gasteiger partial charge in [-0.05, 0) is 54.3 Å². The fourth-order valence-electron chi connectivity index (χ4n) is 3.44. The predicted molar refractivity (Wildman–Crippen MR) is 105 cm³/mol. The molecule has 0 amide bonds. The van der Waals surface area contributed by atoms with Crippen molar-refractivity contribution in [3.63, 3.8) is 0 Å². The summed E-state index contributed by atoms with van der Waals surface area (Å²) in [7, 11) is 1.81. The van der Waals surface area contributed by atoms with E-state index in [-0.39, 0.29) is 11.5 Å². The van der Waals surface area contributed by atoms with Crippen LogP contribution in [0.4, 0.5) is 13.2 Å². The van der Waals surface area contributed by atoms with Crippen LogP contribution in [0.3, 0.4) is 0 Å². The van der Waals surface area contributed by atoms with E-state index in [1.807, 2.05) is 6.92 Å². The molecule has 2 aromatic carbocycles. The van der Waals surface area contributed by atoms with Gasteiger partial charge in [-0.2, -0.15) is 8.78 Å². The third-order valence-corrected chi connectivity index (χ3v) is 4.90. The number of aliphatic imine (C=N–C) groups is 1. The molecular weight excluding hydrogens is 383 g/mol. The number of nitrogens with zero attached hydrogens (tertiary/aromatic N) is 2. The lowest BCUT2D eigenvalue weighted by atomic mass is 9.82. The average molecular weight is 407 g/mol. The summed E-state index contributed by atoms with van der Waals surface area (Å²) in [5.74, 6) is 0.100. The van der Waals surface area contributed by atoms with E-state index in [1.165, 1.54) is 12.1 Å². The molecule has 1 atom stereocenters. The summed E-state index contributed by atoms with van der Waals surface area (Å²) in [5.41, 5.74) is 7.10. The van der Waals surface area contributed by atoms with Gasteiger partial charge in [-0.15, -0.1) is 0 Å². The van der Waals surface area contributed by atoms with Crippen molar-refractivity contribution in [3.8, 4) is 11.5 Å². The van der Waals surface area contributed by atoms with E-state index < -0.39 is 18.0 Å². The Balaban J connectivity index is 2.10. The summed E-state index contributed by atoms with van der Waals surface area (Å²) in [6.45, 7) is 1.51. The lowest BCUT2D eigenvalue weighted by molar-refractivity contribution is -0.0503. The minimum Gasteiger partial charge on any atom is -0.491 e. The summed E-state index contributed by atoms with van der Waals surface area (Å²) in [5, 5.41) is 0. The molecule has 0 saturated carbocycles. The average Bonchev–Trinajstić information content (AvgIpc) is 2.98. The van der Waals surface area contributed by atoms with Crippen molar-refractivity contribution < 1.29 is 22.6 Å². The molecule has 1 heterocycles. The number of rotatable bonds is 7. The van der Waals surface area contributed by atoms with Crippen LogP contribution in [0.25, 0.3) is 0 Å². The maximum atomic E-state index is 14.2. The Morgan fingerprint density at radius 3 is 2.45 bits per heavy atom. The Morgan fingerprint density at radius 2 is 1.86 bits per heavy atom. The molecule has 0 fully saturated rings. The molecule has 2 N–H and O–H groups in total. The van der Waals surface area contributed by atoms with Gasteiger partial charge in [0.1, 0.15) is 11.3 Å². The molecule has 3 rings (SSSR count). The van der Waals surface area contributed by atoms with Crippen LogP contribution in [0.2, 0.25) is 0 Å². The SMILES string of the molecule is CCCOc1cc([C@@]2(c3ccc(OC(F)F)c(C)c3)CN(C)C(N)=N2)ccc1F. The van der Waals surface area contributed by atoms with Crippen LogP contribution in [0.15, 0.2) is 41.4 Å². The Hall–Kier alpha value is -2.90. The lowest BCUT2D eigenvalue weighted by Gasteiger charge is -2.29. The first kappa shape index (κ1) is 20.8. The van der Waals surface area contributed by atoms with Crippen molar-refractivity contribution in [2.24, 2.45) is 10.7 Å². The van der Waals surface area contributed by atoms with Crippen LogP contribution < -0.4 is 15.2 Å². The molecule has 29 heavy (non-hydrogen) atoms. The number of ether oxygens (including phenoxy) is 2. The predicted octanol–water partition coefficient (Wildman–Crippen LogP) is 4.03. The first-order valence-corrected chi connectivity index (χ1v) is 9.32. The summed E-state index contributed by atoms with van der Waals surface area (Å²) < 4.78 is 49.5. The summed E-state index contributed by atoms with van der Waals surface area (Å²) in [4.78, 5) is 6.46. The largest absolute Gasteiger partial charge is 0.491 e. The van der Waals surface area contributed by atoms with Crippen molar-refractivity contribution in [1.29, 1.82) is 0 Å². The van der Waals surface area contributed by atoms with E-state index in [2.05, 4.69) is 9.73 Å². The van der Waals surface area contributed by atoms with Crippen LogP contribution in [0.5, 0.6) is 11.5 Å². The smallest absolute Gasteiger partial charge is 0.387 e. The van der Waals surface area contributed by atoms with E-state index >= 15 is 0 Å². The number of nitrogens with two attached hydrogens (primary N) is 1. The number of halogens is 3. The maximum Gasteiger partial charge on any atom is 0.387 e. The minimum atomic E-state index is -2.91. The van der Waals surface area contributed by atoms with Crippen LogP contribution in [-0.2, 0) is 5.54 Å². The van der Waals surface area contributed by atoms with Crippen molar-refractivity contribution in [2.45, 2.75) is 32.4 Å². The topological polar surface area (TPSA) is 60.1 Å².